The topological polar surface area (TPSA) is 68.5 Å². The highest BCUT2D eigenvalue weighted by molar-refractivity contribution is 6.30. The second kappa shape index (κ2) is 8.66. The van der Waals surface area contributed by atoms with E-state index in [0.29, 0.717) is 24.8 Å². The zero-order valence-corrected chi connectivity index (χ0v) is 16.9. The van der Waals surface area contributed by atoms with Crippen molar-refractivity contribution in [1.82, 2.24) is 15.0 Å². The third-order valence-electron chi connectivity index (χ3n) is 5.25. The lowest BCUT2D eigenvalue weighted by Crippen LogP contribution is -2.39. The van der Waals surface area contributed by atoms with Crippen molar-refractivity contribution in [2.45, 2.75) is 24.1 Å². The van der Waals surface area contributed by atoms with Gasteiger partial charge in [0.2, 0.25) is 17.6 Å². The first-order valence-electron chi connectivity index (χ1n) is 9.61. The fraction of sp³-hybridized carbons (Fsp3) is 0.318. The van der Waals surface area contributed by atoms with Crippen molar-refractivity contribution in [3.8, 4) is 17.1 Å². The summed E-state index contributed by atoms with van der Waals surface area (Å²) in [4.78, 5) is 19.1. The van der Waals surface area contributed by atoms with Crippen LogP contribution in [-0.4, -0.2) is 41.1 Å². The van der Waals surface area contributed by atoms with E-state index in [1.165, 1.54) is 0 Å². The number of aromatic nitrogens is 2. The van der Waals surface area contributed by atoms with Gasteiger partial charge in [0.15, 0.2) is 0 Å². The molecule has 6 nitrogen and oxygen atoms in total. The van der Waals surface area contributed by atoms with E-state index in [0.717, 1.165) is 29.7 Å². The second-order valence-electron chi connectivity index (χ2n) is 7.06. The molecule has 1 aliphatic heterocycles. The number of halogens is 1. The van der Waals surface area contributed by atoms with E-state index in [2.05, 4.69) is 10.1 Å². The maximum Gasteiger partial charge on any atom is 0.245 e. The average Bonchev–Trinajstić information content (AvgIpc) is 3.29. The van der Waals surface area contributed by atoms with Crippen molar-refractivity contribution in [3.05, 3.63) is 66.1 Å². The van der Waals surface area contributed by atoms with Crippen LogP contribution in [0.25, 0.3) is 11.4 Å². The van der Waals surface area contributed by atoms with Gasteiger partial charge >= 0.3 is 0 Å². The van der Waals surface area contributed by atoms with Gasteiger partial charge in [-0.1, -0.05) is 35.5 Å². The van der Waals surface area contributed by atoms with Gasteiger partial charge < -0.3 is 14.2 Å². The van der Waals surface area contributed by atoms with Crippen LogP contribution in [-0.2, 0) is 4.79 Å². The molecule has 4 rings (SSSR count). The predicted molar refractivity (Wildman–Crippen MR) is 110 cm³/mol. The molecule has 3 aromatic rings. The molecule has 1 atom stereocenters. The lowest BCUT2D eigenvalue weighted by Gasteiger charge is -2.31. The van der Waals surface area contributed by atoms with Crippen LogP contribution in [0.5, 0.6) is 5.75 Å². The molecule has 1 fully saturated rings. The summed E-state index contributed by atoms with van der Waals surface area (Å²) < 4.78 is 10.7. The van der Waals surface area contributed by atoms with Crippen LogP contribution in [0.1, 0.15) is 35.6 Å². The molecule has 150 valence electrons. The van der Waals surface area contributed by atoms with Gasteiger partial charge in [-0.05, 0) is 42.7 Å². The number of benzene rings is 2. The van der Waals surface area contributed by atoms with Crippen LogP contribution in [0, 0.1) is 0 Å². The fourth-order valence-corrected chi connectivity index (χ4v) is 3.81. The summed E-state index contributed by atoms with van der Waals surface area (Å²) in [6, 6.07) is 17.0. The van der Waals surface area contributed by atoms with Gasteiger partial charge in [0.1, 0.15) is 11.1 Å². The Bertz CT molecular complexity index is 951. The summed E-state index contributed by atoms with van der Waals surface area (Å²) in [5, 5.41) is 3.46. The Morgan fingerprint density at radius 2 is 1.83 bits per heavy atom. The molecular weight excluding hydrogens is 390 g/mol. The first-order chi connectivity index (χ1) is 14.2. The molecule has 1 amide bonds. The monoisotopic (exact) mass is 411 g/mol. The number of carbonyl (C=O) groups is 1. The predicted octanol–water partition coefficient (Wildman–Crippen LogP) is 4.43. The fourth-order valence-electron chi connectivity index (χ4n) is 3.53. The van der Waals surface area contributed by atoms with Gasteiger partial charge in [-0.15, -0.1) is 11.6 Å². The third kappa shape index (κ3) is 4.27. The quantitative estimate of drug-likeness (QED) is 0.581. The van der Waals surface area contributed by atoms with Crippen molar-refractivity contribution in [2.24, 2.45) is 0 Å². The number of piperidine rings is 1. The minimum Gasteiger partial charge on any atom is -0.497 e. The van der Waals surface area contributed by atoms with E-state index in [1.807, 2.05) is 59.5 Å². The minimum absolute atomic E-state index is 0.0548. The number of alkyl halides is 1. The highest BCUT2D eigenvalue weighted by Crippen LogP contribution is 2.31. The normalized spacial score (nSPS) is 15.9. The van der Waals surface area contributed by atoms with Crippen LogP contribution < -0.4 is 4.74 Å². The summed E-state index contributed by atoms with van der Waals surface area (Å²) in [5.74, 6) is 2.05. The van der Waals surface area contributed by atoms with Gasteiger partial charge in [0, 0.05) is 24.6 Å². The third-order valence-corrected chi connectivity index (χ3v) is 5.69. The van der Waals surface area contributed by atoms with Gasteiger partial charge in [-0.2, -0.15) is 4.98 Å². The van der Waals surface area contributed by atoms with Crippen LogP contribution in [0.4, 0.5) is 0 Å². The molecular formula is C22H22ClN3O3. The van der Waals surface area contributed by atoms with Crippen molar-refractivity contribution < 1.29 is 14.1 Å². The molecule has 29 heavy (non-hydrogen) atoms. The number of hydrogen-bond acceptors (Lipinski definition) is 5. The summed E-state index contributed by atoms with van der Waals surface area (Å²) in [6.07, 6.45) is 1.54. The van der Waals surface area contributed by atoms with E-state index in [9.17, 15) is 4.79 Å². The molecule has 0 spiro atoms. The second-order valence-corrected chi connectivity index (χ2v) is 7.49. The smallest absolute Gasteiger partial charge is 0.245 e. The number of ether oxygens (including phenoxy) is 1. The Balaban J connectivity index is 1.37. The molecule has 1 unspecified atom stereocenters. The standard InChI is InChI=1S/C22H22ClN3O3/c1-28-18-9-7-16(8-10-18)20-24-21(29-25-20)17-11-13-26(14-12-17)22(27)19(23)15-5-3-2-4-6-15/h2-10,17,19H,11-14H2,1H3. The Labute approximate surface area is 174 Å². The van der Waals surface area contributed by atoms with E-state index >= 15 is 0 Å². The van der Waals surface area contributed by atoms with Gasteiger partial charge in [0.25, 0.3) is 0 Å². The number of methoxy groups -OCH3 is 1. The number of amides is 1. The molecule has 0 saturated carbocycles. The lowest BCUT2D eigenvalue weighted by atomic mass is 9.96. The molecule has 1 aromatic heterocycles. The van der Waals surface area contributed by atoms with E-state index in [4.69, 9.17) is 20.9 Å². The number of carbonyl (C=O) groups excluding carboxylic acids is 1. The van der Waals surface area contributed by atoms with Crippen molar-refractivity contribution in [3.63, 3.8) is 0 Å². The van der Waals surface area contributed by atoms with Crippen LogP contribution in [0.15, 0.2) is 59.1 Å². The zero-order valence-electron chi connectivity index (χ0n) is 16.1. The Kier molecular flexibility index (Phi) is 5.81. The number of likely N-dealkylation sites (tertiary alicyclic amines) is 1. The molecule has 2 aromatic carbocycles. The van der Waals surface area contributed by atoms with Gasteiger partial charge in [-0.25, -0.2) is 0 Å². The first kappa shape index (κ1) is 19.5. The number of hydrogen-bond donors (Lipinski definition) is 0. The number of nitrogens with zero attached hydrogens (tertiary/aromatic N) is 3. The molecule has 7 heteroatoms. The molecule has 1 saturated heterocycles. The maximum absolute atomic E-state index is 12.7. The van der Waals surface area contributed by atoms with Crippen molar-refractivity contribution in [1.29, 1.82) is 0 Å². The highest BCUT2D eigenvalue weighted by atomic mass is 35.5. The number of rotatable bonds is 5. The Morgan fingerprint density at radius 1 is 1.14 bits per heavy atom. The van der Waals surface area contributed by atoms with Crippen LogP contribution in [0.2, 0.25) is 0 Å². The van der Waals surface area contributed by atoms with Crippen LogP contribution >= 0.6 is 11.6 Å². The Hall–Kier alpha value is -2.86. The van der Waals surface area contributed by atoms with Gasteiger partial charge in [-0.3, -0.25) is 4.79 Å². The average molecular weight is 412 g/mol. The summed E-state index contributed by atoms with van der Waals surface area (Å²) in [5.41, 5.74) is 1.70. The van der Waals surface area contributed by atoms with Crippen LogP contribution in [0.3, 0.4) is 0 Å². The van der Waals surface area contributed by atoms with E-state index in [-0.39, 0.29) is 11.8 Å². The maximum atomic E-state index is 12.7. The molecule has 0 aliphatic carbocycles. The summed E-state index contributed by atoms with van der Waals surface area (Å²) >= 11 is 6.40. The Morgan fingerprint density at radius 3 is 2.48 bits per heavy atom. The molecule has 0 bridgehead atoms. The van der Waals surface area contributed by atoms with Crippen molar-refractivity contribution in [2.75, 3.05) is 20.2 Å². The summed E-state index contributed by atoms with van der Waals surface area (Å²) in [6.45, 7) is 1.25. The molecule has 1 aliphatic rings. The largest absolute Gasteiger partial charge is 0.497 e. The zero-order chi connectivity index (χ0) is 20.2. The highest BCUT2D eigenvalue weighted by Gasteiger charge is 2.30. The lowest BCUT2D eigenvalue weighted by molar-refractivity contribution is -0.132. The van der Waals surface area contributed by atoms with E-state index < -0.39 is 5.38 Å². The molecule has 0 radical (unpaired) electrons. The first-order valence-corrected chi connectivity index (χ1v) is 10.0. The van der Waals surface area contributed by atoms with E-state index in [1.54, 1.807) is 7.11 Å². The summed E-state index contributed by atoms with van der Waals surface area (Å²) in [7, 11) is 1.63. The minimum atomic E-state index is -0.655. The van der Waals surface area contributed by atoms with Crippen molar-refractivity contribution >= 4 is 17.5 Å². The SMILES string of the molecule is COc1ccc(-c2noc(C3CCN(C(=O)C(Cl)c4ccccc4)CC3)n2)cc1. The van der Waals surface area contributed by atoms with Gasteiger partial charge in [0.05, 0.1) is 7.11 Å². The molecule has 2 heterocycles. The molecule has 0 N–H and O–H groups in total.